The van der Waals surface area contributed by atoms with Crippen molar-refractivity contribution < 1.29 is 22.9 Å². The number of anilines is 1. The van der Waals surface area contributed by atoms with Crippen LogP contribution in [0.5, 0.6) is 5.75 Å². The number of non-ortho nitro benzene ring substituents is 1. The molecule has 0 spiro atoms. The summed E-state index contributed by atoms with van der Waals surface area (Å²) in [6.45, 7) is 2.29. The van der Waals surface area contributed by atoms with Gasteiger partial charge in [-0.2, -0.15) is 0 Å². The Kier molecular flexibility index (Phi) is 6.22. The van der Waals surface area contributed by atoms with Crippen molar-refractivity contribution in [3.8, 4) is 5.75 Å². The third-order valence-electron chi connectivity index (χ3n) is 6.17. The van der Waals surface area contributed by atoms with E-state index in [4.69, 9.17) is 4.74 Å². The Morgan fingerprint density at radius 2 is 1.68 bits per heavy atom. The lowest BCUT2D eigenvalue weighted by molar-refractivity contribution is -0.384. The average Bonchev–Trinajstić information content (AvgIpc) is 3.10. The molecule has 8 nitrogen and oxygen atoms in total. The molecular formula is C28H22N2O6S. The number of benzene rings is 4. The van der Waals surface area contributed by atoms with Crippen LogP contribution in [0.1, 0.15) is 23.4 Å². The van der Waals surface area contributed by atoms with Gasteiger partial charge in [0.15, 0.2) is 5.37 Å². The van der Waals surface area contributed by atoms with E-state index in [1.807, 2.05) is 37.3 Å². The number of carbonyl (C=O) groups excluding carboxylic acids is 1. The van der Waals surface area contributed by atoms with Crippen molar-refractivity contribution in [2.75, 3.05) is 11.5 Å². The quantitative estimate of drug-likeness (QED) is 0.187. The summed E-state index contributed by atoms with van der Waals surface area (Å²) in [6.07, 6.45) is 1.39. The minimum atomic E-state index is -4.27. The first-order valence-corrected chi connectivity index (χ1v) is 13.1. The molecule has 1 heterocycles. The number of hydrogen-bond acceptors (Lipinski definition) is 6. The Labute approximate surface area is 213 Å². The van der Waals surface area contributed by atoms with Gasteiger partial charge in [-0.1, -0.05) is 54.6 Å². The fraction of sp³-hybridized carbons (Fsp3) is 0.107. The van der Waals surface area contributed by atoms with E-state index in [2.05, 4.69) is 0 Å². The van der Waals surface area contributed by atoms with Crippen LogP contribution in [-0.2, 0) is 14.6 Å². The van der Waals surface area contributed by atoms with E-state index in [1.54, 1.807) is 36.4 Å². The fourth-order valence-electron chi connectivity index (χ4n) is 4.51. The number of ether oxygens (including phenoxy) is 1. The van der Waals surface area contributed by atoms with Gasteiger partial charge in [-0.15, -0.1) is 0 Å². The predicted molar refractivity (Wildman–Crippen MR) is 142 cm³/mol. The summed E-state index contributed by atoms with van der Waals surface area (Å²) < 4.78 is 33.4. The van der Waals surface area contributed by atoms with Crippen molar-refractivity contribution >= 4 is 44.0 Å². The third kappa shape index (κ3) is 4.34. The summed E-state index contributed by atoms with van der Waals surface area (Å²) in [7, 11) is -4.27. The molecule has 1 saturated heterocycles. The molecule has 1 amide bonds. The minimum Gasteiger partial charge on any atom is -0.494 e. The van der Waals surface area contributed by atoms with Gasteiger partial charge in [-0.25, -0.2) is 8.42 Å². The SMILES string of the molecule is CCOc1ccc(N2C(=O)C(=Cc3cccc4ccccc34)S(=O)(=O)C2c2cccc([N+](=O)[O-])c2)cc1. The first-order chi connectivity index (χ1) is 17.8. The normalized spacial score (nSPS) is 17.9. The zero-order chi connectivity index (χ0) is 26.2. The van der Waals surface area contributed by atoms with E-state index in [9.17, 15) is 23.3 Å². The summed E-state index contributed by atoms with van der Waals surface area (Å²) in [6, 6.07) is 24.8. The van der Waals surface area contributed by atoms with Crippen LogP contribution in [0.4, 0.5) is 11.4 Å². The molecule has 4 aromatic carbocycles. The molecule has 0 N–H and O–H groups in total. The molecule has 0 bridgehead atoms. The summed E-state index contributed by atoms with van der Waals surface area (Å²) >= 11 is 0. The number of nitro benzene ring substituents is 1. The van der Waals surface area contributed by atoms with Gasteiger partial charge in [-0.3, -0.25) is 19.8 Å². The molecule has 0 aliphatic carbocycles. The van der Waals surface area contributed by atoms with E-state index < -0.39 is 26.0 Å². The largest absolute Gasteiger partial charge is 0.494 e. The molecule has 1 atom stereocenters. The summed E-state index contributed by atoms with van der Waals surface area (Å²) in [5.41, 5.74) is 0.766. The van der Waals surface area contributed by atoms with Crippen molar-refractivity contribution in [3.63, 3.8) is 0 Å². The van der Waals surface area contributed by atoms with Gasteiger partial charge >= 0.3 is 0 Å². The number of fused-ring (bicyclic) bond motifs is 1. The van der Waals surface area contributed by atoms with E-state index >= 15 is 0 Å². The van der Waals surface area contributed by atoms with Crippen molar-refractivity contribution in [2.45, 2.75) is 12.3 Å². The maximum absolute atomic E-state index is 14.0. The highest BCUT2D eigenvalue weighted by atomic mass is 32.2. The summed E-state index contributed by atoms with van der Waals surface area (Å²) in [4.78, 5) is 25.4. The second kappa shape index (κ2) is 9.51. The number of nitro groups is 1. The lowest BCUT2D eigenvalue weighted by Crippen LogP contribution is -2.29. The van der Waals surface area contributed by atoms with Gasteiger partial charge in [0, 0.05) is 17.8 Å². The van der Waals surface area contributed by atoms with Crippen LogP contribution < -0.4 is 9.64 Å². The highest BCUT2D eigenvalue weighted by Gasteiger charge is 2.50. The fourth-order valence-corrected chi connectivity index (χ4v) is 6.38. The van der Waals surface area contributed by atoms with Crippen LogP contribution in [0.25, 0.3) is 16.8 Å². The first kappa shape index (κ1) is 24.2. The minimum absolute atomic E-state index is 0.123. The molecule has 5 rings (SSSR count). The monoisotopic (exact) mass is 514 g/mol. The van der Waals surface area contributed by atoms with Crippen LogP contribution in [0.2, 0.25) is 0 Å². The van der Waals surface area contributed by atoms with Crippen LogP contribution in [0, 0.1) is 10.1 Å². The van der Waals surface area contributed by atoms with Crippen molar-refractivity contribution in [2.24, 2.45) is 0 Å². The van der Waals surface area contributed by atoms with E-state index in [1.165, 1.54) is 35.2 Å². The number of nitrogens with zero attached hydrogens (tertiary/aromatic N) is 2. The second-order valence-corrected chi connectivity index (χ2v) is 10.4. The van der Waals surface area contributed by atoms with Gasteiger partial charge in [0.25, 0.3) is 11.6 Å². The molecule has 1 aliphatic heterocycles. The Morgan fingerprint density at radius 1 is 0.973 bits per heavy atom. The van der Waals surface area contributed by atoms with E-state index in [0.29, 0.717) is 23.6 Å². The van der Waals surface area contributed by atoms with Crippen LogP contribution in [0.15, 0.2) is 95.9 Å². The van der Waals surface area contributed by atoms with Gasteiger partial charge in [0.05, 0.1) is 11.5 Å². The van der Waals surface area contributed by atoms with Crippen LogP contribution in [-0.4, -0.2) is 25.9 Å². The zero-order valence-electron chi connectivity index (χ0n) is 19.8. The molecule has 186 valence electrons. The number of rotatable bonds is 6. The van der Waals surface area contributed by atoms with Gasteiger partial charge in [0.2, 0.25) is 9.84 Å². The lowest BCUT2D eigenvalue weighted by Gasteiger charge is -2.23. The number of carbonyl (C=O) groups is 1. The Hall–Kier alpha value is -4.50. The highest BCUT2D eigenvalue weighted by Crippen LogP contribution is 2.44. The van der Waals surface area contributed by atoms with Crippen molar-refractivity contribution in [3.05, 3.63) is 117 Å². The second-order valence-electron chi connectivity index (χ2n) is 8.43. The molecule has 0 saturated carbocycles. The standard InChI is InChI=1S/C28H22N2O6S/c1-2-36-24-15-13-22(14-16-24)29-27(31)26(18-20-9-5-8-19-7-3-4-12-25(19)20)37(34,35)28(29)21-10-6-11-23(17-21)30(32)33/h3-18,28H,2H2,1H3. The molecule has 9 heteroatoms. The third-order valence-corrected chi connectivity index (χ3v) is 8.14. The van der Waals surface area contributed by atoms with Crippen molar-refractivity contribution in [1.29, 1.82) is 0 Å². The highest BCUT2D eigenvalue weighted by molar-refractivity contribution is 7.97. The summed E-state index contributed by atoms with van der Waals surface area (Å²) in [5.74, 6) is -0.146. The smallest absolute Gasteiger partial charge is 0.271 e. The van der Waals surface area contributed by atoms with E-state index in [-0.39, 0.29) is 16.2 Å². The topological polar surface area (TPSA) is 107 Å². The molecule has 0 aromatic heterocycles. The number of hydrogen-bond donors (Lipinski definition) is 0. The lowest BCUT2D eigenvalue weighted by atomic mass is 10.0. The van der Waals surface area contributed by atoms with Crippen LogP contribution >= 0.6 is 0 Å². The Balaban J connectivity index is 1.71. The first-order valence-electron chi connectivity index (χ1n) is 11.6. The summed E-state index contributed by atoms with van der Waals surface area (Å²) in [5, 5.41) is 11.7. The zero-order valence-corrected chi connectivity index (χ0v) is 20.6. The van der Waals surface area contributed by atoms with Crippen LogP contribution in [0.3, 0.4) is 0 Å². The Morgan fingerprint density at radius 3 is 2.41 bits per heavy atom. The number of sulfone groups is 1. The van der Waals surface area contributed by atoms with Gasteiger partial charge in [-0.05, 0) is 59.2 Å². The molecule has 0 radical (unpaired) electrons. The molecular weight excluding hydrogens is 492 g/mol. The predicted octanol–water partition coefficient (Wildman–Crippen LogP) is 5.65. The van der Waals surface area contributed by atoms with Gasteiger partial charge in [0.1, 0.15) is 10.7 Å². The molecule has 37 heavy (non-hydrogen) atoms. The van der Waals surface area contributed by atoms with E-state index in [0.717, 1.165) is 10.8 Å². The molecule has 4 aromatic rings. The number of amides is 1. The van der Waals surface area contributed by atoms with Crippen molar-refractivity contribution in [1.82, 2.24) is 0 Å². The molecule has 1 fully saturated rings. The maximum Gasteiger partial charge on any atom is 0.271 e. The Bertz CT molecular complexity index is 1660. The van der Waals surface area contributed by atoms with Gasteiger partial charge < -0.3 is 4.74 Å². The molecule has 1 unspecified atom stereocenters. The maximum atomic E-state index is 14.0. The molecule has 1 aliphatic rings. The average molecular weight is 515 g/mol.